The first-order valence-electron chi connectivity index (χ1n) is 10.0. The summed E-state index contributed by atoms with van der Waals surface area (Å²) in [5, 5.41) is 12.9. The molecule has 3 aromatic rings. The molecule has 3 aromatic carbocycles. The van der Waals surface area contributed by atoms with Crippen molar-refractivity contribution in [1.82, 2.24) is 5.43 Å². The molecule has 0 unspecified atom stereocenters. The van der Waals surface area contributed by atoms with Crippen LogP contribution in [0.1, 0.15) is 21.5 Å². The van der Waals surface area contributed by atoms with Crippen molar-refractivity contribution in [3.63, 3.8) is 0 Å². The lowest BCUT2D eigenvalue weighted by Crippen LogP contribution is -2.24. The van der Waals surface area contributed by atoms with E-state index in [1.54, 1.807) is 73.8 Å². The highest BCUT2D eigenvalue weighted by molar-refractivity contribution is 5.92. The van der Waals surface area contributed by atoms with Crippen LogP contribution in [0.4, 0.5) is 0 Å². The van der Waals surface area contributed by atoms with Crippen LogP contribution in [0, 0.1) is 11.3 Å². The van der Waals surface area contributed by atoms with Crippen LogP contribution in [0.3, 0.4) is 0 Å². The summed E-state index contributed by atoms with van der Waals surface area (Å²) in [6.45, 7) is -0.306. The molecule has 0 saturated heterocycles. The van der Waals surface area contributed by atoms with Gasteiger partial charge in [0.2, 0.25) is 0 Å². The number of nitrogens with zero attached hydrogens (tertiary/aromatic N) is 2. The second kappa shape index (κ2) is 11.7. The summed E-state index contributed by atoms with van der Waals surface area (Å²) in [6.07, 6.45) is 1.40. The molecule has 34 heavy (non-hydrogen) atoms. The van der Waals surface area contributed by atoms with Crippen LogP contribution in [-0.2, 0) is 4.79 Å². The van der Waals surface area contributed by atoms with Crippen LogP contribution < -0.4 is 24.4 Å². The molecule has 0 fully saturated rings. The normalized spacial score (nSPS) is 10.3. The van der Waals surface area contributed by atoms with E-state index >= 15 is 0 Å². The Morgan fingerprint density at radius 2 is 1.74 bits per heavy atom. The molecule has 0 radical (unpaired) electrons. The van der Waals surface area contributed by atoms with Gasteiger partial charge in [-0.2, -0.15) is 10.4 Å². The first kappa shape index (κ1) is 23.8. The number of nitriles is 1. The van der Waals surface area contributed by atoms with Gasteiger partial charge in [0, 0.05) is 0 Å². The maximum Gasteiger partial charge on any atom is 0.343 e. The van der Waals surface area contributed by atoms with Gasteiger partial charge in [0.1, 0.15) is 17.6 Å². The number of benzene rings is 3. The molecule has 0 saturated carbocycles. The van der Waals surface area contributed by atoms with E-state index in [4.69, 9.17) is 24.2 Å². The quantitative estimate of drug-likeness (QED) is 0.226. The van der Waals surface area contributed by atoms with Crippen molar-refractivity contribution in [3.05, 3.63) is 83.4 Å². The summed E-state index contributed by atoms with van der Waals surface area (Å²) in [5.41, 5.74) is 3.62. The lowest BCUT2D eigenvalue weighted by molar-refractivity contribution is -0.123. The Kier molecular flexibility index (Phi) is 8.19. The Bertz CT molecular complexity index is 1230. The first-order valence-corrected chi connectivity index (χ1v) is 10.0. The highest BCUT2D eigenvalue weighted by Crippen LogP contribution is 2.28. The third-order valence-corrected chi connectivity index (χ3v) is 4.49. The van der Waals surface area contributed by atoms with Crippen LogP contribution in [0.2, 0.25) is 0 Å². The summed E-state index contributed by atoms with van der Waals surface area (Å²) in [5.74, 6) is 0.438. The molecule has 0 aliphatic carbocycles. The molecule has 0 heterocycles. The number of carbonyl (C=O) groups excluding carboxylic acids is 2. The van der Waals surface area contributed by atoms with Gasteiger partial charge in [0.15, 0.2) is 18.1 Å². The van der Waals surface area contributed by atoms with Crippen LogP contribution in [0.25, 0.3) is 0 Å². The van der Waals surface area contributed by atoms with E-state index in [-0.39, 0.29) is 12.4 Å². The number of carbonyl (C=O) groups is 2. The Morgan fingerprint density at radius 1 is 0.971 bits per heavy atom. The number of ether oxygens (including phenoxy) is 4. The summed E-state index contributed by atoms with van der Waals surface area (Å²) < 4.78 is 21.2. The smallest absolute Gasteiger partial charge is 0.343 e. The molecule has 1 N–H and O–H groups in total. The number of esters is 1. The predicted octanol–water partition coefficient (Wildman–Crippen LogP) is 3.32. The highest BCUT2D eigenvalue weighted by atomic mass is 16.6. The van der Waals surface area contributed by atoms with Gasteiger partial charge in [-0.1, -0.05) is 12.1 Å². The van der Waals surface area contributed by atoms with E-state index in [0.717, 1.165) is 0 Å². The molecule has 9 heteroatoms. The molecule has 0 aromatic heterocycles. The predicted molar refractivity (Wildman–Crippen MR) is 123 cm³/mol. The number of hydrogen-bond acceptors (Lipinski definition) is 8. The van der Waals surface area contributed by atoms with Crippen LogP contribution in [-0.4, -0.2) is 38.9 Å². The van der Waals surface area contributed by atoms with E-state index in [9.17, 15) is 9.59 Å². The van der Waals surface area contributed by atoms with Crippen molar-refractivity contribution >= 4 is 18.1 Å². The third kappa shape index (κ3) is 6.34. The molecule has 172 valence electrons. The Labute approximate surface area is 196 Å². The van der Waals surface area contributed by atoms with Gasteiger partial charge in [-0.25, -0.2) is 10.2 Å². The highest BCUT2D eigenvalue weighted by Gasteiger charge is 2.13. The fraction of sp³-hybridized carbons (Fsp3) is 0.120. The van der Waals surface area contributed by atoms with Crippen molar-refractivity contribution in [2.75, 3.05) is 20.8 Å². The molecule has 0 spiro atoms. The van der Waals surface area contributed by atoms with E-state index in [0.29, 0.717) is 33.9 Å². The number of para-hydroxylation sites is 1. The SMILES string of the molecule is COc1ccc(C(=O)Oc2ccc(/C=N/NC(=O)COc3ccccc3C#N)cc2OC)cc1. The molecule has 0 aliphatic heterocycles. The largest absolute Gasteiger partial charge is 0.497 e. The number of hydrazone groups is 1. The van der Waals surface area contributed by atoms with E-state index in [1.807, 2.05) is 6.07 Å². The molecule has 3 rings (SSSR count). The molecular weight excluding hydrogens is 438 g/mol. The van der Waals surface area contributed by atoms with E-state index in [2.05, 4.69) is 10.5 Å². The van der Waals surface area contributed by atoms with E-state index in [1.165, 1.54) is 13.3 Å². The fourth-order valence-corrected chi connectivity index (χ4v) is 2.77. The van der Waals surface area contributed by atoms with Crippen LogP contribution in [0.5, 0.6) is 23.0 Å². The average Bonchev–Trinajstić information content (AvgIpc) is 2.88. The summed E-state index contributed by atoms with van der Waals surface area (Å²) >= 11 is 0. The van der Waals surface area contributed by atoms with Crippen molar-refractivity contribution in [2.45, 2.75) is 0 Å². The van der Waals surface area contributed by atoms with Gasteiger partial charge >= 0.3 is 5.97 Å². The van der Waals surface area contributed by atoms with Gasteiger partial charge in [-0.3, -0.25) is 4.79 Å². The number of amides is 1. The summed E-state index contributed by atoms with van der Waals surface area (Å²) in [6, 6.07) is 19.9. The lowest BCUT2D eigenvalue weighted by Gasteiger charge is -2.10. The molecule has 0 atom stereocenters. The van der Waals surface area contributed by atoms with Gasteiger partial charge in [-0.05, 0) is 60.2 Å². The minimum absolute atomic E-state index is 0.231. The maximum atomic E-state index is 12.4. The van der Waals surface area contributed by atoms with E-state index < -0.39 is 11.9 Å². The van der Waals surface area contributed by atoms with Crippen molar-refractivity contribution in [3.8, 4) is 29.1 Å². The van der Waals surface area contributed by atoms with Crippen molar-refractivity contribution < 1.29 is 28.5 Å². The zero-order valence-corrected chi connectivity index (χ0v) is 18.5. The zero-order valence-electron chi connectivity index (χ0n) is 18.5. The number of rotatable bonds is 9. The van der Waals surface area contributed by atoms with Crippen LogP contribution >= 0.6 is 0 Å². The molecule has 9 nitrogen and oxygen atoms in total. The number of hydrogen-bond donors (Lipinski definition) is 1. The fourth-order valence-electron chi connectivity index (χ4n) is 2.77. The second-order valence-electron chi connectivity index (χ2n) is 6.72. The Morgan fingerprint density at radius 3 is 2.44 bits per heavy atom. The summed E-state index contributed by atoms with van der Waals surface area (Å²) in [4.78, 5) is 24.4. The minimum atomic E-state index is -0.549. The Hall–Kier alpha value is -4.84. The van der Waals surface area contributed by atoms with Crippen molar-refractivity contribution in [2.24, 2.45) is 5.10 Å². The van der Waals surface area contributed by atoms with Gasteiger partial charge in [0.25, 0.3) is 5.91 Å². The minimum Gasteiger partial charge on any atom is -0.497 e. The van der Waals surface area contributed by atoms with Gasteiger partial charge < -0.3 is 18.9 Å². The third-order valence-electron chi connectivity index (χ3n) is 4.49. The molecule has 0 aliphatic rings. The second-order valence-corrected chi connectivity index (χ2v) is 6.72. The Balaban J connectivity index is 1.57. The number of methoxy groups -OCH3 is 2. The van der Waals surface area contributed by atoms with Gasteiger partial charge in [-0.15, -0.1) is 0 Å². The van der Waals surface area contributed by atoms with Crippen molar-refractivity contribution in [1.29, 1.82) is 5.26 Å². The van der Waals surface area contributed by atoms with Crippen LogP contribution in [0.15, 0.2) is 71.8 Å². The maximum absolute atomic E-state index is 12.4. The molecule has 1 amide bonds. The lowest BCUT2D eigenvalue weighted by atomic mass is 10.2. The molecular formula is C25H21N3O6. The number of nitrogens with one attached hydrogen (secondary N) is 1. The van der Waals surface area contributed by atoms with Gasteiger partial charge in [0.05, 0.1) is 31.6 Å². The standard InChI is InChI=1S/C25H21N3O6/c1-31-20-10-8-18(9-11-20)25(30)34-22-12-7-17(13-23(22)32-2)15-27-28-24(29)16-33-21-6-4-3-5-19(21)14-26/h3-13,15H,16H2,1-2H3,(H,28,29)/b27-15+. The monoisotopic (exact) mass is 459 g/mol. The average molecular weight is 459 g/mol. The summed E-state index contributed by atoms with van der Waals surface area (Å²) in [7, 11) is 2.98. The first-order chi connectivity index (χ1) is 16.5. The zero-order chi connectivity index (χ0) is 24.3. The topological polar surface area (TPSA) is 119 Å². The molecule has 0 bridgehead atoms.